The molecule has 14 heteroatoms. The minimum atomic E-state index is -1.71. The molecule has 0 aromatic carbocycles. The monoisotopic (exact) mass is 911 g/mol. The van der Waals surface area contributed by atoms with E-state index < -0.39 is 86.7 Å². The minimum Gasteiger partial charge on any atom is -0.457 e. The number of unbranched alkanes of at least 4 members (excludes halogenated alkanes) is 13. The van der Waals surface area contributed by atoms with Gasteiger partial charge in [-0.15, -0.1) is 0 Å². The van der Waals surface area contributed by atoms with Crippen molar-refractivity contribution in [3.63, 3.8) is 0 Å². The van der Waals surface area contributed by atoms with Crippen LogP contribution in [0, 0.1) is 0 Å². The maximum atomic E-state index is 13.0. The molecule has 64 heavy (non-hydrogen) atoms. The second-order valence-electron chi connectivity index (χ2n) is 16.9. The number of ether oxygens (including phenoxy) is 6. The zero-order chi connectivity index (χ0) is 46.6. The van der Waals surface area contributed by atoms with Crippen LogP contribution in [0.1, 0.15) is 149 Å². The molecule has 11 unspecified atom stereocenters. The summed E-state index contributed by atoms with van der Waals surface area (Å²) >= 11 is 0. The topological polar surface area (TPSA) is 214 Å². The Hall–Kier alpha value is -2.31. The van der Waals surface area contributed by atoms with Crippen LogP contribution < -0.4 is 0 Å². The van der Waals surface area contributed by atoms with E-state index in [1.54, 1.807) is 0 Å². The molecular formula is C50H86O14. The Bertz CT molecular complexity index is 1290. The molecule has 14 nitrogen and oxygen atoms in total. The largest absolute Gasteiger partial charge is 0.457 e. The van der Waals surface area contributed by atoms with Gasteiger partial charge in [-0.1, -0.05) is 145 Å². The fourth-order valence-electron chi connectivity index (χ4n) is 7.31. The summed E-state index contributed by atoms with van der Waals surface area (Å²) in [7, 11) is 0. The van der Waals surface area contributed by atoms with E-state index in [0.717, 1.165) is 83.5 Å². The van der Waals surface area contributed by atoms with Crippen LogP contribution in [-0.4, -0.2) is 142 Å². The summed E-state index contributed by atoms with van der Waals surface area (Å²) in [5.74, 6) is -0.398. The number of aliphatic hydroxyl groups is 7. The lowest BCUT2D eigenvalue weighted by atomic mass is 9.98. The van der Waals surface area contributed by atoms with E-state index in [0.29, 0.717) is 13.0 Å². The summed E-state index contributed by atoms with van der Waals surface area (Å²) in [5, 5.41) is 71.9. The number of allylic oxidation sites excluding steroid dienone is 10. The van der Waals surface area contributed by atoms with Gasteiger partial charge in [0.2, 0.25) is 0 Å². The second kappa shape index (κ2) is 37.7. The first-order chi connectivity index (χ1) is 31.1. The van der Waals surface area contributed by atoms with Crippen molar-refractivity contribution >= 4 is 5.97 Å². The Morgan fingerprint density at radius 2 is 1.02 bits per heavy atom. The predicted molar refractivity (Wildman–Crippen MR) is 247 cm³/mol. The number of carbonyl (C=O) groups excluding carboxylic acids is 1. The van der Waals surface area contributed by atoms with Gasteiger partial charge in [0.05, 0.1) is 26.4 Å². The van der Waals surface area contributed by atoms with Gasteiger partial charge in [-0.25, -0.2) is 0 Å². The lowest BCUT2D eigenvalue weighted by Crippen LogP contribution is -2.61. The van der Waals surface area contributed by atoms with Crippen LogP contribution in [0.25, 0.3) is 0 Å². The van der Waals surface area contributed by atoms with Gasteiger partial charge >= 0.3 is 5.97 Å². The highest BCUT2D eigenvalue weighted by molar-refractivity contribution is 5.69. The maximum absolute atomic E-state index is 13.0. The van der Waals surface area contributed by atoms with E-state index in [1.165, 1.54) is 38.5 Å². The van der Waals surface area contributed by atoms with Crippen LogP contribution >= 0.6 is 0 Å². The molecule has 0 aliphatic carbocycles. The first-order valence-electron chi connectivity index (χ1n) is 24.4. The minimum absolute atomic E-state index is 0.0518. The number of hydrogen-bond donors (Lipinski definition) is 7. The molecule has 0 aromatic rings. The third-order valence-corrected chi connectivity index (χ3v) is 11.3. The molecule has 0 radical (unpaired) electrons. The van der Waals surface area contributed by atoms with Gasteiger partial charge < -0.3 is 64.2 Å². The number of aliphatic hydroxyl groups excluding tert-OH is 7. The van der Waals surface area contributed by atoms with Gasteiger partial charge in [-0.2, -0.15) is 0 Å². The molecule has 2 fully saturated rings. The van der Waals surface area contributed by atoms with Crippen molar-refractivity contribution in [1.29, 1.82) is 0 Å². The van der Waals surface area contributed by atoms with E-state index in [4.69, 9.17) is 28.4 Å². The lowest BCUT2D eigenvalue weighted by Gasteiger charge is -2.42. The molecular weight excluding hydrogens is 825 g/mol. The van der Waals surface area contributed by atoms with E-state index in [9.17, 15) is 40.5 Å². The molecule has 11 atom stereocenters. The normalized spacial score (nSPS) is 27.3. The van der Waals surface area contributed by atoms with Crippen molar-refractivity contribution in [2.24, 2.45) is 0 Å². The molecule has 2 rings (SSSR count). The predicted octanol–water partition coefficient (Wildman–Crippen LogP) is 6.57. The Morgan fingerprint density at radius 3 is 1.59 bits per heavy atom. The molecule has 0 bridgehead atoms. The zero-order valence-electron chi connectivity index (χ0n) is 39.0. The van der Waals surface area contributed by atoms with Crippen LogP contribution in [0.2, 0.25) is 0 Å². The fourth-order valence-corrected chi connectivity index (χ4v) is 7.31. The van der Waals surface area contributed by atoms with E-state index in [1.807, 2.05) is 0 Å². The fraction of sp³-hybridized carbons (Fsp3) is 0.780. The third-order valence-electron chi connectivity index (χ3n) is 11.3. The Kier molecular flexibility index (Phi) is 34.1. The smallest absolute Gasteiger partial charge is 0.306 e. The highest BCUT2D eigenvalue weighted by atomic mass is 16.7. The van der Waals surface area contributed by atoms with Gasteiger partial charge in [0.25, 0.3) is 0 Å². The van der Waals surface area contributed by atoms with Gasteiger partial charge in [0.1, 0.15) is 54.9 Å². The van der Waals surface area contributed by atoms with Crippen molar-refractivity contribution in [1.82, 2.24) is 0 Å². The molecule has 7 N–H and O–H groups in total. The van der Waals surface area contributed by atoms with Crippen LogP contribution in [0.4, 0.5) is 0 Å². The van der Waals surface area contributed by atoms with E-state index >= 15 is 0 Å². The number of rotatable bonds is 37. The molecule has 2 saturated heterocycles. The maximum Gasteiger partial charge on any atom is 0.306 e. The van der Waals surface area contributed by atoms with E-state index in [-0.39, 0.29) is 19.6 Å². The van der Waals surface area contributed by atoms with Crippen LogP contribution in [0.5, 0.6) is 0 Å². The summed E-state index contributed by atoms with van der Waals surface area (Å²) in [6.45, 7) is 3.51. The Balaban J connectivity index is 1.76. The van der Waals surface area contributed by atoms with Crippen LogP contribution in [-0.2, 0) is 33.2 Å². The average molecular weight is 911 g/mol. The molecule has 0 amide bonds. The third kappa shape index (κ3) is 25.6. The van der Waals surface area contributed by atoms with E-state index in [2.05, 4.69) is 74.6 Å². The number of hydrogen-bond acceptors (Lipinski definition) is 14. The highest BCUT2D eigenvalue weighted by Gasteiger charge is 2.47. The summed E-state index contributed by atoms with van der Waals surface area (Å²) in [4.78, 5) is 13.0. The molecule has 0 aromatic heterocycles. The highest BCUT2D eigenvalue weighted by Crippen LogP contribution is 2.26. The summed E-state index contributed by atoms with van der Waals surface area (Å²) in [5.41, 5.74) is 0. The van der Waals surface area contributed by atoms with Gasteiger partial charge in [0.15, 0.2) is 12.6 Å². The average Bonchev–Trinajstić information content (AvgIpc) is 3.29. The van der Waals surface area contributed by atoms with Gasteiger partial charge in [-0.3, -0.25) is 4.79 Å². The summed E-state index contributed by atoms with van der Waals surface area (Å²) < 4.78 is 34.1. The molecule has 370 valence electrons. The summed E-state index contributed by atoms with van der Waals surface area (Å²) in [6, 6.07) is 0. The van der Waals surface area contributed by atoms with Gasteiger partial charge in [0, 0.05) is 13.0 Å². The standard InChI is InChI=1S/C50H86O14/c1-3-5-7-9-11-13-14-15-16-17-18-19-20-21-22-23-24-25-27-29-31-33-42(52)62-39(36-59-34-32-30-28-26-12-10-8-6-4-2)37-60-49-48(58)46(56)44(54)41(64-49)38-61-50-47(57)45(55)43(53)40(35-51)63-50/h5,7,11,13,15-16,18-19,21-22,39-41,43-51,53-58H,3-4,6,8-10,12,14,17,20,23-38H2,1-2H3/b7-5-,13-11-,16-15-,19-18-,22-21-. The molecule has 2 aliphatic rings. The van der Waals surface area contributed by atoms with Crippen LogP contribution in [0.3, 0.4) is 0 Å². The van der Waals surface area contributed by atoms with Gasteiger partial charge in [-0.05, 0) is 57.8 Å². The van der Waals surface area contributed by atoms with Crippen molar-refractivity contribution in [3.05, 3.63) is 60.8 Å². The number of esters is 1. The van der Waals surface area contributed by atoms with Crippen LogP contribution in [0.15, 0.2) is 60.8 Å². The molecule has 2 heterocycles. The Morgan fingerprint density at radius 1 is 0.531 bits per heavy atom. The Labute approximate surface area is 384 Å². The zero-order valence-corrected chi connectivity index (χ0v) is 39.0. The molecule has 0 spiro atoms. The summed E-state index contributed by atoms with van der Waals surface area (Å²) in [6.07, 6.45) is 27.2. The van der Waals surface area contributed by atoms with Crippen molar-refractivity contribution < 1.29 is 69.0 Å². The van der Waals surface area contributed by atoms with Crippen molar-refractivity contribution in [2.45, 2.75) is 216 Å². The number of carbonyl (C=O) groups is 1. The first kappa shape index (κ1) is 57.8. The molecule has 0 saturated carbocycles. The first-order valence-corrected chi connectivity index (χ1v) is 24.4. The lowest BCUT2D eigenvalue weighted by molar-refractivity contribution is -0.332. The quantitative estimate of drug-likeness (QED) is 0.0200. The second-order valence-corrected chi connectivity index (χ2v) is 16.9. The van der Waals surface area contributed by atoms with Crippen molar-refractivity contribution in [3.8, 4) is 0 Å². The molecule has 2 aliphatic heterocycles. The SMILES string of the molecule is CC/C=C\C/C=C\C/C=C\C/C=C\C/C=C\CCCCCCCC(=O)OC(COCCCCCCCCCCC)COC1OC(COC2OC(CO)C(O)C(O)C2O)C(O)C(O)C1O. The van der Waals surface area contributed by atoms with Crippen molar-refractivity contribution in [2.75, 3.05) is 33.0 Å².